The van der Waals surface area contributed by atoms with Crippen LogP contribution >= 0.6 is 0 Å². The van der Waals surface area contributed by atoms with Gasteiger partial charge in [-0.1, -0.05) is 24.3 Å². The van der Waals surface area contributed by atoms with Gasteiger partial charge in [0.2, 0.25) is 0 Å². The van der Waals surface area contributed by atoms with Crippen molar-refractivity contribution in [2.24, 2.45) is 5.92 Å². The molecule has 2 rings (SSSR count). The molecule has 1 unspecified atom stereocenters. The lowest BCUT2D eigenvalue weighted by Gasteiger charge is -2.18. The molecule has 1 aliphatic rings. The Hall–Kier alpha value is -1.75. The van der Waals surface area contributed by atoms with Crippen LogP contribution in [0.2, 0.25) is 0 Å². The minimum absolute atomic E-state index is 0.494. The minimum atomic E-state index is 0.494. The van der Waals surface area contributed by atoms with Gasteiger partial charge in [0.05, 0.1) is 12.5 Å². The van der Waals surface area contributed by atoms with E-state index in [1.807, 2.05) is 12.1 Å². The Kier molecular flexibility index (Phi) is 4.21. The van der Waals surface area contributed by atoms with Crippen LogP contribution in [0.4, 0.5) is 5.69 Å². The van der Waals surface area contributed by atoms with Crippen LogP contribution in [0.15, 0.2) is 36.4 Å². The highest BCUT2D eigenvalue weighted by Gasteiger charge is 2.08. The molecule has 1 aromatic carbocycles. The van der Waals surface area contributed by atoms with Crippen molar-refractivity contribution in [1.29, 1.82) is 5.26 Å². The third kappa shape index (κ3) is 3.64. The van der Waals surface area contributed by atoms with Crippen LogP contribution in [-0.2, 0) is 6.42 Å². The van der Waals surface area contributed by atoms with Crippen molar-refractivity contribution in [3.05, 3.63) is 42.0 Å². The van der Waals surface area contributed by atoms with Crippen molar-refractivity contribution in [2.75, 3.05) is 11.9 Å². The standard InChI is InChI=1S/C15H18N2/c16-11-10-13-6-8-15(9-7-13)17-12-14-4-2-1-3-5-14/h1-2,6-9,14,17H,3-5,10,12H2. The van der Waals surface area contributed by atoms with Gasteiger partial charge in [-0.05, 0) is 42.9 Å². The number of nitrogens with one attached hydrogen (secondary N) is 1. The van der Waals surface area contributed by atoms with Gasteiger partial charge in [-0.3, -0.25) is 0 Å². The summed E-state index contributed by atoms with van der Waals surface area (Å²) >= 11 is 0. The molecule has 0 amide bonds. The molecule has 0 saturated carbocycles. The molecule has 17 heavy (non-hydrogen) atoms. The second-order valence-corrected chi connectivity index (χ2v) is 4.56. The number of hydrogen-bond donors (Lipinski definition) is 1. The number of allylic oxidation sites excluding steroid dienone is 2. The van der Waals surface area contributed by atoms with Gasteiger partial charge in [0, 0.05) is 12.2 Å². The lowest BCUT2D eigenvalue weighted by Crippen LogP contribution is -2.15. The van der Waals surface area contributed by atoms with Gasteiger partial charge in [0.1, 0.15) is 0 Å². The molecular formula is C15H18N2. The monoisotopic (exact) mass is 226 g/mol. The second kappa shape index (κ2) is 6.10. The maximum Gasteiger partial charge on any atom is 0.0669 e. The normalized spacial score (nSPS) is 18.6. The number of anilines is 1. The molecule has 88 valence electrons. The maximum absolute atomic E-state index is 8.59. The Morgan fingerprint density at radius 2 is 2.06 bits per heavy atom. The molecule has 2 nitrogen and oxygen atoms in total. The number of benzene rings is 1. The SMILES string of the molecule is N#CCc1ccc(NCC2CC=CCC2)cc1. The quantitative estimate of drug-likeness (QED) is 0.797. The van der Waals surface area contributed by atoms with Gasteiger partial charge in [0.25, 0.3) is 0 Å². The largest absolute Gasteiger partial charge is 0.385 e. The summed E-state index contributed by atoms with van der Waals surface area (Å²) in [5.74, 6) is 0.763. The fourth-order valence-corrected chi connectivity index (χ4v) is 2.14. The molecule has 1 atom stereocenters. The smallest absolute Gasteiger partial charge is 0.0669 e. The van der Waals surface area contributed by atoms with Gasteiger partial charge in [-0.15, -0.1) is 0 Å². The van der Waals surface area contributed by atoms with E-state index in [1.54, 1.807) is 0 Å². The maximum atomic E-state index is 8.59. The number of nitrogens with zero attached hydrogens (tertiary/aromatic N) is 1. The Bertz CT molecular complexity index is 412. The predicted molar refractivity (Wildman–Crippen MR) is 70.7 cm³/mol. The molecule has 0 saturated heterocycles. The summed E-state index contributed by atoms with van der Waals surface area (Å²) in [6.07, 6.45) is 8.75. The third-order valence-corrected chi connectivity index (χ3v) is 3.21. The first-order chi connectivity index (χ1) is 8.38. The van der Waals surface area contributed by atoms with E-state index >= 15 is 0 Å². The van der Waals surface area contributed by atoms with Crippen LogP contribution in [0.3, 0.4) is 0 Å². The highest BCUT2D eigenvalue weighted by atomic mass is 14.9. The molecule has 0 bridgehead atoms. The summed E-state index contributed by atoms with van der Waals surface area (Å²) in [4.78, 5) is 0. The molecule has 0 fully saturated rings. The van der Waals surface area contributed by atoms with E-state index in [0.29, 0.717) is 6.42 Å². The second-order valence-electron chi connectivity index (χ2n) is 4.56. The zero-order valence-corrected chi connectivity index (χ0v) is 10.0. The fourth-order valence-electron chi connectivity index (χ4n) is 2.14. The molecule has 1 aliphatic carbocycles. The average Bonchev–Trinajstić information content (AvgIpc) is 2.40. The third-order valence-electron chi connectivity index (χ3n) is 3.21. The van der Waals surface area contributed by atoms with Crippen LogP contribution < -0.4 is 5.32 Å². The van der Waals surface area contributed by atoms with Crippen LogP contribution in [0.5, 0.6) is 0 Å². The number of rotatable bonds is 4. The summed E-state index contributed by atoms with van der Waals surface area (Å²) in [5.41, 5.74) is 2.24. The molecule has 0 aromatic heterocycles. The van der Waals surface area contributed by atoms with Crippen LogP contribution in [0.1, 0.15) is 24.8 Å². The van der Waals surface area contributed by atoms with Crippen molar-refractivity contribution in [3.63, 3.8) is 0 Å². The topological polar surface area (TPSA) is 35.8 Å². The highest BCUT2D eigenvalue weighted by molar-refractivity contribution is 5.45. The fraction of sp³-hybridized carbons (Fsp3) is 0.400. The van der Waals surface area contributed by atoms with E-state index in [1.165, 1.54) is 19.3 Å². The molecule has 0 heterocycles. The summed E-state index contributed by atoms with van der Waals surface area (Å²) in [7, 11) is 0. The van der Waals surface area contributed by atoms with Crippen molar-refractivity contribution < 1.29 is 0 Å². The van der Waals surface area contributed by atoms with Crippen LogP contribution in [0.25, 0.3) is 0 Å². The summed E-state index contributed by atoms with van der Waals surface area (Å²) < 4.78 is 0. The Labute approximate surface area is 103 Å². The molecule has 0 radical (unpaired) electrons. The summed E-state index contributed by atoms with van der Waals surface area (Å²) in [6, 6.07) is 10.3. The van der Waals surface area contributed by atoms with Crippen molar-refractivity contribution >= 4 is 5.69 Å². The average molecular weight is 226 g/mol. The van der Waals surface area contributed by atoms with Crippen LogP contribution in [-0.4, -0.2) is 6.54 Å². The first-order valence-corrected chi connectivity index (χ1v) is 6.23. The summed E-state index contributed by atoms with van der Waals surface area (Å²) in [6.45, 7) is 1.04. The van der Waals surface area contributed by atoms with E-state index in [0.717, 1.165) is 23.7 Å². The Balaban J connectivity index is 1.82. The van der Waals surface area contributed by atoms with E-state index < -0.39 is 0 Å². The van der Waals surface area contributed by atoms with Crippen molar-refractivity contribution in [1.82, 2.24) is 0 Å². The van der Waals surface area contributed by atoms with E-state index in [2.05, 4.69) is 35.7 Å². The molecule has 0 spiro atoms. The van der Waals surface area contributed by atoms with E-state index in [4.69, 9.17) is 5.26 Å². The Morgan fingerprint density at radius 3 is 2.71 bits per heavy atom. The molecule has 1 aromatic rings. The van der Waals surface area contributed by atoms with Gasteiger partial charge in [-0.25, -0.2) is 0 Å². The molecule has 1 N–H and O–H groups in total. The van der Waals surface area contributed by atoms with Gasteiger partial charge >= 0.3 is 0 Å². The highest BCUT2D eigenvalue weighted by Crippen LogP contribution is 2.19. The van der Waals surface area contributed by atoms with Crippen molar-refractivity contribution in [3.8, 4) is 6.07 Å². The van der Waals surface area contributed by atoms with E-state index in [9.17, 15) is 0 Å². The van der Waals surface area contributed by atoms with E-state index in [-0.39, 0.29) is 0 Å². The number of hydrogen-bond acceptors (Lipinski definition) is 2. The Morgan fingerprint density at radius 1 is 1.24 bits per heavy atom. The van der Waals surface area contributed by atoms with Gasteiger partial charge in [0.15, 0.2) is 0 Å². The van der Waals surface area contributed by atoms with Gasteiger partial charge in [-0.2, -0.15) is 5.26 Å². The minimum Gasteiger partial charge on any atom is -0.385 e. The lowest BCUT2D eigenvalue weighted by molar-refractivity contribution is 0.504. The predicted octanol–water partition coefficient (Wildman–Crippen LogP) is 3.52. The molecule has 2 heteroatoms. The molecular weight excluding hydrogens is 208 g/mol. The molecule has 0 aliphatic heterocycles. The number of nitriles is 1. The lowest BCUT2D eigenvalue weighted by atomic mass is 9.94. The zero-order chi connectivity index (χ0) is 11.9. The van der Waals surface area contributed by atoms with Crippen LogP contribution in [0, 0.1) is 17.2 Å². The summed E-state index contributed by atoms with van der Waals surface area (Å²) in [5, 5.41) is 12.1. The first-order valence-electron chi connectivity index (χ1n) is 6.23. The zero-order valence-electron chi connectivity index (χ0n) is 10.0. The first kappa shape index (κ1) is 11.7. The van der Waals surface area contributed by atoms with Crippen molar-refractivity contribution in [2.45, 2.75) is 25.7 Å². The van der Waals surface area contributed by atoms with Gasteiger partial charge < -0.3 is 5.32 Å².